The van der Waals surface area contributed by atoms with Gasteiger partial charge in [-0.15, -0.1) is 0 Å². The number of para-hydroxylation sites is 2. The fourth-order valence-electron chi connectivity index (χ4n) is 8.65. The van der Waals surface area contributed by atoms with Crippen LogP contribution in [0.15, 0.2) is 206 Å². The summed E-state index contributed by atoms with van der Waals surface area (Å²) in [7, 11) is 0. The molecular weight excluding hydrogens is 653 g/mol. The molecule has 0 saturated heterocycles. The van der Waals surface area contributed by atoms with Crippen molar-refractivity contribution in [3.05, 3.63) is 206 Å². The minimum absolute atomic E-state index is 1.09. The monoisotopic (exact) mass is 686 g/mol. The van der Waals surface area contributed by atoms with Crippen molar-refractivity contribution < 1.29 is 0 Å². The van der Waals surface area contributed by atoms with Gasteiger partial charge in [0.1, 0.15) is 0 Å². The first-order chi connectivity index (χ1) is 26.8. The van der Waals surface area contributed by atoms with E-state index < -0.39 is 0 Å². The summed E-state index contributed by atoms with van der Waals surface area (Å²) < 4.78 is 2.40. The van der Waals surface area contributed by atoms with Gasteiger partial charge in [-0.1, -0.05) is 152 Å². The second kappa shape index (κ2) is 12.2. The Balaban J connectivity index is 1.15. The Morgan fingerprint density at radius 3 is 1.54 bits per heavy atom. The third kappa shape index (κ3) is 4.81. The maximum Gasteiger partial charge on any atom is 0.0541 e. The van der Waals surface area contributed by atoms with Crippen LogP contribution in [0, 0.1) is 0 Å². The Labute approximate surface area is 313 Å². The molecule has 1 aromatic heterocycles. The van der Waals surface area contributed by atoms with Crippen LogP contribution in [0.3, 0.4) is 0 Å². The second-order valence-corrected chi connectivity index (χ2v) is 14.2. The molecule has 0 spiro atoms. The minimum atomic E-state index is 1.09. The van der Waals surface area contributed by atoms with Crippen LogP contribution in [-0.2, 0) is 0 Å². The van der Waals surface area contributed by atoms with Crippen molar-refractivity contribution in [1.29, 1.82) is 0 Å². The fraction of sp³-hybridized carbons (Fsp3) is 0. The van der Waals surface area contributed by atoms with Crippen LogP contribution >= 0.6 is 0 Å². The van der Waals surface area contributed by atoms with Crippen LogP contribution in [0.4, 0.5) is 17.1 Å². The van der Waals surface area contributed by atoms with E-state index in [0.29, 0.717) is 0 Å². The lowest BCUT2D eigenvalue weighted by molar-refractivity contribution is 1.17. The van der Waals surface area contributed by atoms with Gasteiger partial charge in [0.2, 0.25) is 0 Å². The highest BCUT2D eigenvalue weighted by atomic mass is 15.1. The summed E-state index contributed by atoms with van der Waals surface area (Å²) in [5.74, 6) is 0. The van der Waals surface area contributed by atoms with Gasteiger partial charge in [-0.3, -0.25) is 0 Å². The van der Waals surface area contributed by atoms with Crippen molar-refractivity contribution in [2.45, 2.75) is 0 Å². The van der Waals surface area contributed by atoms with Crippen LogP contribution in [0.2, 0.25) is 0 Å². The van der Waals surface area contributed by atoms with Gasteiger partial charge in [0.05, 0.1) is 11.0 Å². The molecule has 11 aromatic rings. The lowest BCUT2D eigenvalue weighted by Gasteiger charge is -2.27. The summed E-state index contributed by atoms with van der Waals surface area (Å²) in [4.78, 5) is 2.41. The van der Waals surface area contributed by atoms with Crippen molar-refractivity contribution in [3.8, 4) is 16.8 Å². The average Bonchev–Trinajstić information content (AvgIpc) is 3.58. The first-order valence-electron chi connectivity index (χ1n) is 18.6. The molecule has 0 bridgehead atoms. The zero-order valence-corrected chi connectivity index (χ0v) is 29.5. The van der Waals surface area contributed by atoms with Crippen molar-refractivity contribution >= 4 is 82.0 Å². The van der Waals surface area contributed by atoms with E-state index in [1.54, 1.807) is 0 Å². The molecule has 0 fully saturated rings. The topological polar surface area (TPSA) is 8.17 Å². The van der Waals surface area contributed by atoms with Gasteiger partial charge in [0.25, 0.3) is 0 Å². The molecule has 0 saturated carbocycles. The van der Waals surface area contributed by atoms with Crippen molar-refractivity contribution in [2.24, 2.45) is 0 Å². The zero-order valence-electron chi connectivity index (χ0n) is 29.5. The predicted molar refractivity (Wildman–Crippen MR) is 231 cm³/mol. The van der Waals surface area contributed by atoms with E-state index in [-0.39, 0.29) is 0 Å². The highest BCUT2D eigenvalue weighted by Crippen LogP contribution is 2.42. The predicted octanol–water partition coefficient (Wildman–Crippen LogP) is 14.5. The van der Waals surface area contributed by atoms with Crippen LogP contribution in [-0.4, -0.2) is 4.57 Å². The number of benzene rings is 10. The summed E-state index contributed by atoms with van der Waals surface area (Å²) in [6, 6.07) is 75.3. The van der Waals surface area contributed by atoms with Crippen LogP contribution < -0.4 is 4.90 Å². The Morgan fingerprint density at radius 1 is 0.296 bits per heavy atom. The molecule has 0 aliphatic carbocycles. The molecule has 1 heterocycles. The van der Waals surface area contributed by atoms with E-state index in [1.165, 1.54) is 76.0 Å². The molecule has 0 radical (unpaired) electrons. The Kier molecular flexibility index (Phi) is 6.90. The Bertz CT molecular complexity index is 3170. The molecule has 0 unspecified atom stereocenters. The number of hydrogen-bond acceptors (Lipinski definition) is 1. The largest absolute Gasteiger partial charge is 0.310 e. The number of aromatic nitrogens is 1. The molecule has 0 aliphatic heterocycles. The molecule has 252 valence electrons. The van der Waals surface area contributed by atoms with Gasteiger partial charge >= 0.3 is 0 Å². The molecule has 2 nitrogen and oxygen atoms in total. The molecule has 0 N–H and O–H groups in total. The van der Waals surface area contributed by atoms with Crippen LogP contribution in [0.1, 0.15) is 0 Å². The van der Waals surface area contributed by atoms with Crippen LogP contribution in [0.5, 0.6) is 0 Å². The maximum absolute atomic E-state index is 2.41. The summed E-state index contributed by atoms with van der Waals surface area (Å²) in [6.07, 6.45) is 0. The highest BCUT2D eigenvalue weighted by molar-refractivity contribution is 6.27. The SMILES string of the molecule is c1ccc(-c2cccc(N(c3cccc(-n4c5ccccc5c5ccccc54)c3)c3ccc4c(ccc5ccc6ccc7ccccc7c6c54)c3)c2)cc1. The van der Waals surface area contributed by atoms with Gasteiger partial charge in [0, 0.05) is 33.5 Å². The molecule has 0 amide bonds. The van der Waals surface area contributed by atoms with Gasteiger partial charge in [-0.2, -0.15) is 0 Å². The second-order valence-electron chi connectivity index (χ2n) is 14.2. The zero-order chi connectivity index (χ0) is 35.6. The fourth-order valence-corrected chi connectivity index (χ4v) is 8.65. The van der Waals surface area contributed by atoms with Gasteiger partial charge in [-0.05, 0) is 109 Å². The maximum atomic E-state index is 2.41. The third-order valence-corrected chi connectivity index (χ3v) is 11.1. The summed E-state index contributed by atoms with van der Waals surface area (Å²) in [6.45, 7) is 0. The Morgan fingerprint density at radius 2 is 0.815 bits per heavy atom. The lowest BCUT2D eigenvalue weighted by Crippen LogP contribution is -2.10. The van der Waals surface area contributed by atoms with E-state index in [9.17, 15) is 0 Å². The quantitative estimate of drug-likeness (QED) is 0.164. The van der Waals surface area contributed by atoms with Gasteiger partial charge in [0.15, 0.2) is 0 Å². The van der Waals surface area contributed by atoms with E-state index in [1.807, 2.05) is 0 Å². The normalized spacial score (nSPS) is 11.7. The first-order valence-corrected chi connectivity index (χ1v) is 18.6. The number of fused-ring (bicyclic) bond motifs is 10. The van der Waals surface area contributed by atoms with Crippen LogP contribution in [0.25, 0.3) is 81.7 Å². The third-order valence-electron chi connectivity index (χ3n) is 11.1. The Hall–Kier alpha value is -7.16. The van der Waals surface area contributed by atoms with Crippen molar-refractivity contribution in [1.82, 2.24) is 4.57 Å². The summed E-state index contributed by atoms with van der Waals surface area (Å²) in [5.41, 5.74) is 9.21. The van der Waals surface area contributed by atoms with E-state index in [0.717, 1.165) is 22.7 Å². The average molecular weight is 687 g/mol. The van der Waals surface area contributed by atoms with E-state index in [4.69, 9.17) is 0 Å². The smallest absolute Gasteiger partial charge is 0.0541 e. The highest BCUT2D eigenvalue weighted by Gasteiger charge is 2.18. The standard InChI is InChI=1S/C52H34N2/c1-2-12-35(13-3-1)39-15-10-16-41(32-39)53(42-17-11-18-43(34-42)54-49-22-8-6-20-47(49)48-21-7-9-23-50(48)54)44-30-31-46-40(33-44)29-28-38-27-26-37-25-24-36-14-4-5-19-45(36)51(37)52(38)46/h1-34H. The van der Waals surface area contributed by atoms with Gasteiger partial charge < -0.3 is 9.47 Å². The summed E-state index contributed by atoms with van der Waals surface area (Å²) in [5, 5.41) is 12.7. The molecule has 11 rings (SSSR count). The van der Waals surface area contributed by atoms with E-state index >= 15 is 0 Å². The number of rotatable bonds is 5. The van der Waals surface area contributed by atoms with Gasteiger partial charge in [-0.25, -0.2) is 0 Å². The molecule has 0 aliphatic rings. The molecule has 0 atom stereocenters. The number of hydrogen-bond donors (Lipinski definition) is 0. The minimum Gasteiger partial charge on any atom is -0.310 e. The van der Waals surface area contributed by atoms with Crippen molar-refractivity contribution in [2.75, 3.05) is 4.90 Å². The molecule has 2 heteroatoms. The first kappa shape index (κ1) is 30.5. The van der Waals surface area contributed by atoms with Crippen molar-refractivity contribution in [3.63, 3.8) is 0 Å². The van der Waals surface area contributed by atoms with E-state index in [2.05, 4.69) is 216 Å². The summed E-state index contributed by atoms with van der Waals surface area (Å²) >= 11 is 0. The molecular formula is C52H34N2. The molecule has 54 heavy (non-hydrogen) atoms. The number of nitrogens with zero attached hydrogens (tertiary/aromatic N) is 2. The lowest BCUT2D eigenvalue weighted by atomic mass is 9.93. The molecule has 10 aromatic carbocycles. The number of anilines is 3.